The molecule has 2 aromatic rings. The van der Waals surface area contributed by atoms with Gasteiger partial charge in [0.05, 0.1) is 0 Å². The largest absolute Gasteiger partial charge is 0.480 e. The number of rotatable bonds is 9. The zero-order chi connectivity index (χ0) is 24.9. The fourth-order valence-electron chi connectivity index (χ4n) is 7.20. The van der Waals surface area contributed by atoms with E-state index in [-0.39, 0.29) is 11.9 Å². The second kappa shape index (κ2) is 11.9. The highest BCUT2D eigenvalue weighted by Gasteiger charge is 2.43. The molecule has 1 N–H and O–H groups in total. The smallest absolute Gasteiger partial charge is 0.320 e. The van der Waals surface area contributed by atoms with Crippen LogP contribution in [0.25, 0.3) is 0 Å². The van der Waals surface area contributed by atoms with Gasteiger partial charge in [-0.15, -0.1) is 0 Å². The zero-order valence-electron chi connectivity index (χ0n) is 21.4. The van der Waals surface area contributed by atoms with Crippen LogP contribution in [-0.4, -0.2) is 59.1 Å². The van der Waals surface area contributed by atoms with E-state index < -0.39 is 5.97 Å². The van der Waals surface area contributed by atoms with Crippen LogP contribution in [0.4, 0.5) is 4.39 Å². The molecule has 5 rings (SSSR count). The fraction of sp³-hybridized carbons (Fsp3) is 0.581. The van der Waals surface area contributed by atoms with Crippen molar-refractivity contribution in [2.75, 3.05) is 26.2 Å². The summed E-state index contributed by atoms with van der Waals surface area (Å²) in [5.41, 5.74) is 2.66. The van der Waals surface area contributed by atoms with Crippen molar-refractivity contribution < 1.29 is 14.3 Å². The third-order valence-corrected chi connectivity index (χ3v) is 9.14. The molecule has 2 heterocycles. The van der Waals surface area contributed by atoms with Gasteiger partial charge in [0.1, 0.15) is 11.9 Å². The minimum Gasteiger partial charge on any atom is -0.480 e. The molecule has 3 unspecified atom stereocenters. The standard InChI is InChI=1S/C31H41FN2O2/c32-27-13-11-23(12-14-27)6-4-7-24-15-18-33(19-16-24)22-26-20-28(34-17-5-10-30(34)31(35)36)21-29(26)25-8-2-1-3-9-25/h1-3,8-9,11-14,24,26,28-30H,4-7,10,15-22H2,(H,35,36)/t26?,28?,29?,30-/m1/s1. The lowest BCUT2D eigenvalue weighted by Crippen LogP contribution is -2.42. The van der Waals surface area contributed by atoms with Gasteiger partial charge in [-0.1, -0.05) is 48.9 Å². The Bertz CT molecular complexity index is 974. The first-order chi connectivity index (χ1) is 17.6. The Balaban J connectivity index is 1.14. The lowest BCUT2D eigenvalue weighted by Gasteiger charge is -2.35. The molecule has 4 nitrogen and oxygen atoms in total. The molecule has 0 bridgehead atoms. The molecular formula is C31H41FN2O2. The number of aliphatic carboxylic acids is 1. The van der Waals surface area contributed by atoms with E-state index in [1.807, 2.05) is 12.1 Å². The number of carbonyl (C=O) groups is 1. The van der Waals surface area contributed by atoms with E-state index in [0.29, 0.717) is 17.9 Å². The second-order valence-electron chi connectivity index (χ2n) is 11.4. The number of likely N-dealkylation sites (tertiary alicyclic amines) is 2. The number of aryl methyl sites for hydroxylation is 1. The van der Waals surface area contributed by atoms with E-state index in [9.17, 15) is 14.3 Å². The molecular weight excluding hydrogens is 451 g/mol. The summed E-state index contributed by atoms with van der Waals surface area (Å²) in [7, 11) is 0. The summed E-state index contributed by atoms with van der Waals surface area (Å²) in [6, 6.07) is 18.0. The number of hydrogen-bond acceptors (Lipinski definition) is 3. The minimum absolute atomic E-state index is 0.156. The first-order valence-corrected chi connectivity index (χ1v) is 14.1. The van der Waals surface area contributed by atoms with Crippen molar-refractivity contribution in [2.24, 2.45) is 11.8 Å². The van der Waals surface area contributed by atoms with Crippen LogP contribution in [-0.2, 0) is 11.2 Å². The molecule has 3 aliphatic rings. The maximum absolute atomic E-state index is 13.1. The zero-order valence-corrected chi connectivity index (χ0v) is 21.4. The van der Waals surface area contributed by atoms with Gasteiger partial charge in [0.2, 0.25) is 0 Å². The Morgan fingerprint density at radius 3 is 2.42 bits per heavy atom. The molecule has 3 fully saturated rings. The van der Waals surface area contributed by atoms with Crippen LogP contribution in [0.2, 0.25) is 0 Å². The first kappa shape index (κ1) is 25.4. The van der Waals surface area contributed by atoms with Gasteiger partial charge in [0.25, 0.3) is 0 Å². The van der Waals surface area contributed by atoms with Crippen molar-refractivity contribution in [3.63, 3.8) is 0 Å². The van der Waals surface area contributed by atoms with E-state index in [1.165, 1.54) is 49.9 Å². The third kappa shape index (κ3) is 6.18. The Kier molecular flexibility index (Phi) is 8.38. The van der Waals surface area contributed by atoms with Crippen LogP contribution in [0.1, 0.15) is 68.4 Å². The maximum Gasteiger partial charge on any atom is 0.320 e. The molecule has 1 saturated carbocycles. The van der Waals surface area contributed by atoms with Gasteiger partial charge >= 0.3 is 5.97 Å². The Labute approximate surface area is 215 Å². The van der Waals surface area contributed by atoms with Gasteiger partial charge in [-0.25, -0.2) is 4.39 Å². The Morgan fingerprint density at radius 2 is 1.69 bits per heavy atom. The minimum atomic E-state index is -0.645. The number of benzene rings is 2. The molecule has 36 heavy (non-hydrogen) atoms. The normalized spacial score (nSPS) is 28.0. The van der Waals surface area contributed by atoms with Crippen molar-refractivity contribution in [3.05, 3.63) is 71.5 Å². The molecule has 0 spiro atoms. The van der Waals surface area contributed by atoms with Gasteiger partial charge in [0, 0.05) is 12.6 Å². The number of carboxylic acid groups (broad SMARTS) is 1. The van der Waals surface area contributed by atoms with Crippen molar-refractivity contribution in [2.45, 2.75) is 75.8 Å². The predicted molar refractivity (Wildman–Crippen MR) is 142 cm³/mol. The van der Waals surface area contributed by atoms with E-state index in [2.05, 4.69) is 40.1 Å². The number of piperidine rings is 1. The monoisotopic (exact) mass is 492 g/mol. The summed E-state index contributed by atoms with van der Waals surface area (Å²) < 4.78 is 13.1. The van der Waals surface area contributed by atoms with Crippen LogP contribution >= 0.6 is 0 Å². The quantitative estimate of drug-likeness (QED) is 0.468. The topological polar surface area (TPSA) is 43.8 Å². The Hall–Kier alpha value is -2.24. The first-order valence-electron chi connectivity index (χ1n) is 14.1. The molecule has 0 aromatic heterocycles. The lowest BCUT2D eigenvalue weighted by molar-refractivity contribution is -0.142. The summed E-state index contributed by atoms with van der Waals surface area (Å²) in [5, 5.41) is 9.75. The Morgan fingerprint density at radius 1 is 0.944 bits per heavy atom. The molecule has 2 saturated heterocycles. The average molecular weight is 493 g/mol. The second-order valence-corrected chi connectivity index (χ2v) is 11.4. The summed E-state index contributed by atoms with van der Waals surface area (Å²) in [5.74, 6) is 1.09. The SMILES string of the molecule is O=C(O)[C@H]1CCCN1C1CC(CN2CCC(CCCc3ccc(F)cc3)CC2)C(c2ccccc2)C1. The molecule has 4 atom stereocenters. The van der Waals surface area contributed by atoms with E-state index in [1.54, 1.807) is 12.1 Å². The molecule has 2 aromatic carbocycles. The highest BCUT2D eigenvalue weighted by atomic mass is 19.1. The van der Waals surface area contributed by atoms with Crippen LogP contribution in [0.15, 0.2) is 54.6 Å². The highest BCUT2D eigenvalue weighted by molar-refractivity contribution is 5.73. The molecule has 0 radical (unpaired) electrons. The van der Waals surface area contributed by atoms with Gasteiger partial charge in [-0.3, -0.25) is 9.69 Å². The lowest BCUT2D eigenvalue weighted by atomic mass is 9.87. The fourth-order valence-corrected chi connectivity index (χ4v) is 7.20. The summed E-state index contributed by atoms with van der Waals surface area (Å²) >= 11 is 0. The third-order valence-electron chi connectivity index (χ3n) is 9.14. The summed E-state index contributed by atoms with van der Waals surface area (Å²) in [4.78, 5) is 16.8. The van der Waals surface area contributed by atoms with E-state index >= 15 is 0 Å². The molecule has 1 aliphatic carbocycles. The summed E-state index contributed by atoms with van der Waals surface area (Å²) in [6.07, 6.45) is 10.00. The van der Waals surface area contributed by atoms with Crippen LogP contribution < -0.4 is 0 Å². The molecule has 0 amide bonds. The summed E-state index contributed by atoms with van der Waals surface area (Å²) in [6.45, 7) is 4.40. The average Bonchev–Trinajstić information content (AvgIpc) is 3.54. The highest BCUT2D eigenvalue weighted by Crippen LogP contribution is 2.44. The van der Waals surface area contributed by atoms with Crippen molar-refractivity contribution in [1.82, 2.24) is 9.80 Å². The van der Waals surface area contributed by atoms with E-state index in [4.69, 9.17) is 0 Å². The van der Waals surface area contributed by atoms with Crippen molar-refractivity contribution >= 4 is 5.97 Å². The van der Waals surface area contributed by atoms with Crippen molar-refractivity contribution in [3.8, 4) is 0 Å². The van der Waals surface area contributed by atoms with E-state index in [0.717, 1.165) is 51.1 Å². The number of carboxylic acids is 1. The van der Waals surface area contributed by atoms with Crippen molar-refractivity contribution in [1.29, 1.82) is 0 Å². The van der Waals surface area contributed by atoms with Gasteiger partial charge in [-0.2, -0.15) is 0 Å². The molecule has 2 aliphatic heterocycles. The van der Waals surface area contributed by atoms with Crippen LogP contribution in [0.3, 0.4) is 0 Å². The van der Waals surface area contributed by atoms with Crippen LogP contribution in [0, 0.1) is 17.7 Å². The number of halogens is 1. The maximum atomic E-state index is 13.1. The van der Waals surface area contributed by atoms with Gasteiger partial charge < -0.3 is 10.0 Å². The molecule has 194 valence electrons. The van der Waals surface area contributed by atoms with Gasteiger partial charge in [0.15, 0.2) is 0 Å². The predicted octanol–water partition coefficient (Wildman–Crippen LogP) is 5.97. The molecule has 5 heteroatoms. The number of hydrogen-bond donors (Lipinski definition) is 1. The number of nitrogens with zero attached hydrogens (tertiary/aromatic N) is 2. The van der Waals surface area contributed by atoms with Gasteiger partial charge in [-0.05, 0) is 112 Å². The van der Waals surface area contributed by atoms with Crippen LogP contribution in [0.5, 0.6) is 0 Å².